The van der Waals surface area contributed by atoms with Crippen LogP contribution in [0.5, 0.6) is 0 Å². The van der Waals surface area contributed by atoms with E-state index in [-0.39, 0.29) is 6.04 Å². The van der Waals surface area contributed by atoms with Gasteiger partial charge in [-0.2, -0.15) is 0 Å². The standard InChI is InChI=1S/C10H20N2O/c1-7(2)4-10(12-11)9-5-8(3)13-6-9/h4,8-10,12H,5-6,11H2,1-3H3. The lowest BCUT2D eigenvalue weighted by Crippen LogP contribution is -2.40. The summed E-state index contributed by atoms with van der Waals surface area (Å²) >= 11 is 0. The normalized spacial score (nSPS) is 30.2. The van der Waals surface area contributed by atoms with Gasteiger partial charge in [0.15, 0.2) is 0 Å². The summed E-state index contributed by atoms with van der Waals surface area (Å²) in [5.74, 6) is 6.02. The van der Waals surface area contributed by atoms with Crippen LogP contribution in [-0.4, -0.2) is 18.8 Å². The number of ether oxygens (including phenoxy) is 1. The van der Waals surface area contributed by atoms with Crippen LogP contribution in [0.1, 0.15) is 27.2 Å². The number of nitrogens with one attached hydrogen (secondary N) is 1. The zero-order valence-electron chi connectivity index (χ0n) is 8.71. The number of nitrogens with two attached hydrogens (primary N) is 1. The van der Waals surface area contributed by atoms with Crippen molar-refractivity contribution in [2.75, 3.05) is 6.61 Å². The molecule has 1 fully saturated rings. The molecule has 3 atom stereocenters. The fourth-order valence-electron chi connectivity index (χ4n) is 1.78. The molecule has 3 nitrogen and oxygen atoms in total. The number of rotatable bonds is 3. The van der Waals surface area contributed by atoms with E-state index in [1.807, 2.05) is 0 Å². The second-order valence-electron chi connectivity index (χ2n) is 4.08. The zero-order chi connectivity index (χ0) is 9.84. The molecule has 0 spiro atoms. The van der Waals surface area contributed by atoms with Crippen molar-refractivity contribution in [1.82, 2.24) is 5.43 Å². The lowest BCUT2D eigenvalue weighted by atomic mass is 9.96. The molecule has 0 aromatic carbocycles. The maximum Gasteiger partial charge on any atom is 0.0551 e. The van der Waals surface area contributed by atoms with Crippen molar-refractivity contribution in [3.05, 3.63) is 11.6 Å². The van der Waals surface area contributed by atoms with E-state index < -0.39 is 0 Å². The van der Waals surface area contributed by atoms with E-state index >= 15 is 0 Å². The lowest BCUT2D eigenvalue weighted by molar-refractivity contribution is 0.118. The Morgan fingerprint density at radius 1 is 1.62 bits per heavy atom. The van der Waals surface area contributed by atoms with Gasteiger partial charge in [0, 0.05) is 12.0 Å². The second kappa shape index (κ2) is 4.74. The topological polar surface area (TPSA) is 47.3 Å². The fourth-order valence-corrected chi connectivity index (χ4v) is 1.78. The quantitative estimate of drug-likeness (QED) is 0.394. The highest BCUT2D eigenvalue weighted by Gasteiger charge is 2.27. The van der Waals surface area contributed by atoms with Gasteiger partial charge < -0.3 is 4.74 Å². The number of allylic oxidation sites excluding steroid dienone is 1. The van der Waals surface area contributed by atoms with Crippen LogP contribution < -0.4 is 11.3 Å². The number of hydrazine groups is 1. The van der Waals surface area contributed by atoms with E-state index in [9.17, 15) is 0 Å². The predicted octanol–water partition coefficient (Wildman–Crippen LogP) is 1.21. The summed E-state index contributed by atoms with van der Waals surface area (Å²) in [6.07, 6.45) is 3.65. The van der Waals surface area contributed by atoms with Crippen molar-refractivity contribution in [2.24, 2.45) is 11.8 Å². The molecule has 3 heteroatoms. The molecule has 13 heavy (non-hydrogen) atoms. The summed E-state index contributed by atoms with van der Waals surface area (Å²) in [7, 11) is 0. The van der Waals surface area contributed by atoms with Crippen LogP contribution in [0.2, 0.25) is 0 Å². The van der Waals surface area contributed by atoms with Crippen LogP contribution in [0, 0.1) is 5.92 Å². The third kappa shape index (κ3) is 3.10. The van der Waals surface area contributed by atoms with Crippen molar-refractivity contribution >= 4 is 0 Å². The first-order chi connectivity index (χ1) is 6.13. The van der Waals surface area contributed by atoms with Gasteiger partial charge in [-0.3, -0.25) is 11.3 Å². The minimum absolute atomic E-state index is 0.259. The molecule has 0 aliphatic carbocycles. The summed E-state index contributed by atoms with van der Waals surface area (Å²) in [5, 5.41) is 0. The smallest absolute Gasteiger partial charge is 0.0551 e. The largest absolute Gasteiger partial charge is 0.378 e. The average Bonchev–Trinajstić information content (AvgIpc) is 2.47. The highest BCUT2D eigenvalue weighted by Crippen LogP contribution is 2.23. The van der Waals surface area contributed by atoms with Gasteiger partial charge in [-0.05, 0) is 27.2 Å². The maximum absolute atomic E-state index is 5.50. The van der Waals surface area contributed by atoms with Gasteiger partial charge in [-0.15, -0.1) is 0 Å². The van der Waals surface area contributed by atoms with Crippen molar-refractivity contribution in [2.45, 2.75) is 39.3 Å². The van der Waals surface area contributed by atoms with Gasteiger partial charge in [-0.25, -0.2) is 0 Å². The summed E-state index contributed by atoms with van der Waals surface area (Å²) in [6, 6.07) is 0.259. The molecule has 0 aromatic heterocycles. The molecule has 3 N–H and O–H groups in total. The van der Waals surface area contributed by atoms with Gasteiger partial charge in [0.25, 0.3) is 0 Å². The molecule has 0 saturated carbocycles. The van der Waals surface area contributed by atoms with Crippen LogP contribution in [0.15, 0.2) is 11.6 Å². The Bertz CT molecular complexity index is 187. The Balaban J connectivity index is 2.52. The van der Waals surface area contributed by atoms with E-state index in [1.54, 1.807) is 0 Å². The van der Waals surface area contributed by atoms with Crippen molar-refractivity contribution in [1.29, 1.82) is 0 Å². The molecule has 3 unspecified atom stereocenters. The van der Waals surface area contributed by atoms with Gasteiger partial charge in [-0.1, -0.05) is 11.6 Å². The molecule has 1 heterocycles. The molecular weight excluding hydrogens is 164 g/mol. The first-order valence-electron chi connectivity index (χ1n) is 4.86. The Labute approximate surface area is 80.3 Å². The molecule has 1 saturated heterocycles. The van der Waals surface area contributed by atoms with Gasteiger partial charge in [0.1, 0.15) is 0 Å². The average molecular weight is 184 g/mol. The second-order valence-corrected chi connectivity index (χ2v) is 4.08. The Morgan fingerprint density at radius 3 is 2.69 bits per heavy atom. The fraction of sp³-hybridized carbons (Fsp3) is 0.800. The van der Waals surface area contributed by atoms with Gasteiger partial charge in [0.2, 0.25) is 0 Å². The highest BCUT2D eigenvalue weighted by atomic mass is 16.5. The van der Waals surface area contributed by atoms with E-state index in [1.165, 1.54) is 5.57 Å². The summed E-state index contributed by atoms with van der Waals surface area (Å²) in [4.78, 5) is 0. The first-order valence-corrected chi connectivity index (χ1v) is 4.86. The van der Waals surface area contributed by atoms with E-state index in [0.29, 0.717) is 12.0 Å². The van der Waals surface area contributed by atoms with Crippen molar-refractivity contribution in [3.8, 4) is 0 Å². The summed E-state index contributed by atoms with van der Waals surface area (Å²) in [5.41, 5.74) is 4.13. The summed E-state index contributed by atoms with van der Waals surface area (Å²) in [6.45, 7) is 7.10. The number of hydrogen-bond donors (Lipinski definition) is 2. The van der Waals surface area contributed by atoms with Crippen LogP contribution in [-0.2, 0) is 4.74 Å². The van der Waals surface area contributed by atoms with Crippen LogP contribution in [0.25, 0.3) is 0 Å². The molecule has 1 rings (SSSR count). The highest BCUT2D eigenvalue weighted by molar-refractivity contribution is 5.03. The summed E-state index contributed by atoms with van der Waals surface area (Å²) < 4.78 is 5.50. The van der Waals surface area contributed by atoms with Gasteiger partial charge in [0.05, 0.1) is 12.7 Å². The molecule has 0 amide bonds. The first kappa shape index (κ1) is 10.7. The van der Waals surface area contributed by atoms with Crippen molar-refractivity contribution < 1.29 is 4.74 Å². The van der Waals surface area contributed by atoms with Crippen LogP contribution >= 0.6 is 0 Å². The number of hydrogen-bond acceptors (Lipinski definition) is 3. The third-order valence-electron chi connectivity index (χ3n) is 2.44. The molecule has 0 radical (unpaired) electrons. The minimum Gasteiger partial charge on any atom is -0.378 e. The van der Waals surface area contributed by atoms with E-state index in [0.717, 1.165) is 13.0 Å². The molecule has 1 aliphatic heterocycles. The third-order valence-corrected chi connectivity index (χ3v) is 2.44. The maximum atomic E-state index is 5.50. The zero-order valence-corrected chi connectivity index (χ0v) is 8.71. The Hall–Kier alpha value is -0.380. The lowest BCUT2D eigenvalue weighted by Gasteiger charge is -2.18. The SMILES string of the molecule is CC(C)=CC(NN)C1COC(C)C1. The van der Waals surface area contributed by atoms with Gasteiger partial charge >= 0.3 is 0 Å². The Morgan fingerprint density at radius 2 is 2.31 bits per heavy atom. The van der Waals surface area contributed by atoms with Crippen molar-refractivity contribution in [3.63, 3.8) is 0 Å². The van der Waals surface area contributed by atoms with E-state index in [4.69, 9.17) is 10.6 Å². The molecular formula is C10H20N2O. The van der Waals surface area contributed by atoms with Crippen LogP contribution in [0.3, 0.4) is 0 Å². The minimum atomic E-state index is 0.259. The monoisotopic (exact) mass is 184 g/mol. The molecule has 0 aromatic rings. The molecule has 0 bridgehead atoms. The Kier molecular flexibility index (Phi) is 3.90. The molecule has 76 valence electrons. The predicted molar refractivity (Wildman–Crippen MR) is 54.1 cm³/mol. The molecule has 1 aliphatic rings. The van der Waals surface area contributed by atoms with Crippen LogP contribution in [0.4, 0.5) is 0 Å². The van der Waals surface area contributed by atoms with E-state index in [2.05, 4.69) is 32.3 Å².